The highest BCUT2D eigenvalue weighted by atomic mass is 19.1. The predicted molar refractivity (Wildman–Crippen MR) is 94.8 cm³/mol. The minimum absolute atomic E-state index is 0.122. The van der Waals surface area contributed by atoms with Gasteiger partial charge in [-0.1, -0.05) is 18.2 Å². The normalized spacial score (nSPS) is 10.5. The van der Waals surface area contributed by atoms with Gasteiger partial charge in [-0.25, -0.2) is 4.39 Å². The van der Waals surface area contributed by atoms with Gasteiger partial charge < -0.3 is 10.2 Å². The summed E-state index contributed by atoms with van der Waals surface area (Å²) >= 11 is 0. The molecule has 2 rings (SSSR count). The maximum atomic E-state index is 13.1. The molecular weight excluding hydrogens is 341 g/mol. The second kappa shape index (κ2) is 8.52. The summed E-state index contributed by atoms with van der Waals surface area (Å²) in [5.41, 5.74) is 0.442. The van der Waals surface area contributed by atoms with Crippen LogP contribution in [-0.4, -0.2) is 35.2 Å². The Morgan fingerprint density at radius 3 is 2.65 bits per heavy atom. The van der Waals surface area contributed by atoms with Crippen LogP contribution in [0.3, 0.4) is 0 Å². The number of carbonyl (C=O) groups excluding carboxylic acids is 2. The van der Waals surface area contributed by atoms with Gasteiger partial charge in [0, 0.05) is 24.9 Å². The summed E-state index contributed by atoms with van der Waals surface area (Å²) in [5, 5.41) is 13.4. The molecule has 0 unspecified atom stereocenters. The van der Waals surface area contributed by atoms with Crippen LogP contribution in [0, 0.1) is 15.9 Å². The number of benzene rings is 2. The van der Waals surface area contributed by atoms with E-state index >= 15 is 0 Å². The molecule has 0 aromatic heterocycles. The molecular formula is C18H16FN3O4. The molecule has 0 aliphatic carbocycles. The Labute approximate surface area is 148 Å². The Balaban J connectivity index is 1.97. The third kappa shape index (κ3) is 5.23. The van der Waals surface area contributed by atoms with Gasteiger partial charge in [0.1, 0.15) is 5.82 Å². The molecule has 0 saturated heterocycles. The summed E-state index contributed by atoms with van der Waals surface area (Å²) in [6, 6.07) is 11.4. The fraction of sp³-hybridized carbons (Fsp3) is 0.111. The van der Waals surface area contributed by atoms with E-state index < -0.39 is 22.6 Å². The molecule has 8 heteroatoms. The van der Waals surface area contributed by atoms with E-state index in [4.69, 9.17) is 0 Å². The summed E-state index contributed by atoms with van der Waals surface area (Å²) in [4.78, 5) is 35.5. The van der Waals surface area contributed by atoms with Crippen molar-refractivity contribution in [1.29, 1.82) is 0 Å². The summed E-state index contributed by atoms with van der Waals surface area (Å²) < 4.78 is 13.1. The number of halogens is 1. The highest BCUT2D eigenvalue weighted by Crippen LogP contribution is 2.19. The van der Waals surface area contributed by atoms with E-state index in [1.54, 1.807) is 6.07 Å². The maximum absolute atomic E-state index is 13.1. The monoisotopic (exact) mass is 357 g/mol. The smallest absolute Gasteiger partial charge is 0.276 e. The zero-order chi connectivity index (χ0) is 19.1. The van der Waals surface area contributed by atoms with E-state index in [1.807, 2.05) is 0 Å². The number of nitrogens with one attached hydrogen (secondary N) is 1. The van der Waals surface area contributed by atoms with Crippen molar-refractivity contribution in [3.63, 3.8) is 0 Å². The van der Waals surface area contributed by atoms with Crippen LogP contribution >= 0.6 is 0 Å². The van der Waals surface area contributed by atoms with Gasteiger partial charge in [-0.05, 0) is 30.3 Å². The fourth-order valence-corrected chi connectivity index (χ4v) is 2.14. The SMILES string of the molecule is CN(CC(=O)Nc1cccc(F)c1)C(=O)/C=C/c1ccccc1[N+](=O)[O-]. The van der Waals surface area contributed by atoms with Gasteiger partial charge >= 0.3 is 0 Å². The number of rotatable bonds is 6. The van der Waals surface area contributed by atoms with Crippen LogP contribution in [-0.2, 0) is 9.59 Å². The molecule has 0 saturated carbocycles. The summed E-state index contributed by atoms with van der Waals surface area (Å²) in [6.07, 6.45) is 2.47. The molecule has 0 bridgehead atoms. The van der Waals surface area contributed by atoms with Crippen LogP contribution in [0.4, 0.5) is 15.8 Å². The minimum atomic E-state index is -0.541. The molecule has 1 N–H and O–H groups in total. The zero-order valence-electron chi connectivity index (χ0n) is 13.9. The molecule has 0 atom stereocenters. The first-order valence-electron chi connectivity index (χ1n) is 7.59. The molecule has 0 spiro atoms. The number of anilines is 1. The Hall–Kier alpha value is -3.55. The number of carbonyl (C=O) groups is 2. The van der Waals surface area contributed by atoms with Crippen molar-refractivity contribution in [1.82, 2.24) is 4.90 Å². The van der Waals surface area contributed by atoms with Gasteiger partial charge in [0.25, 0.3) is 5.69 Å². The van der Waals surface area contributed by atoms with Crippen LogP contribution in [0.1, 0.15) is 5.56 Å². The summed E-state index contributed by atoms with van der Waals surface area (Å²) in [5.74, 6) is -1.48. The predicted octanol–water partition coefficient (Wildman–Crippen LogP) is 2.84. The van der Waals surface area contributed by atoms with E-state index in [2.05, 4.69) is 5.32 Å². The molecule has 26 heavy (non-hydrogen) atoms. The number of nitro benzene ring substituents is 1. The lowest BCUT2D eigenvalue weighted by Gasteiger charge is -2.14. The van der Waals surface area contributed by atoms with Crippen LogP contribution < -0.4 is 5.32 Å². The van der Waals surface area contributed by atoms with E-state index in [-0.39, 0.29) is 23.5 Å². The lowest BCUT2D eigenvalue weighted by molar-refractivity contribution is -0.385. The molecule has 0 aliphatic heterocycles. The van der Waals surface area contributed by atoms with Gasteiger partial charge in [-0.2, -0.15) is 0 Å². The van der Waals surface area contributed by atoms with Crippen molar-refractivity contribution in [3.8, 4) is 0 Å². The Morgan fingerprint density at radius 2 is 1.96 bits per heavy atom. The molecule has 2 amide bonds. The topological polar surface area (TPSA) is 92.6 Å². The number of nitrogens with zero attached hydrogens (tertiary/aromatic N) is 2. The van der Waals surface area contributed by atoms with Crippen molar-refractivity contribution >= 4 is 29.3 Å². The number of nitro groups is 1. The molecule has 0 heterocycles. The van der Waals surface area contributed by atoms with E-state index in [9.17, 15) is 24.1 Å². The van der Waals surface area contributed by atoms with Crippen molar-refractivity contribution in [2.75, 3.05) is 18.9 Å². The highest BCUT2D eigenvalue weighted by molar-refractivity contribution is 5.98. The van der Waals surface area contributed by atoms with Crippen molar-refractivity contribution in [2.24, 2.45) is 0 Å². The fourth-order valence-electron chi connectivity index (χ4n) is 2.14. The summed E-state index contributed by atoms with van der Waals surface area (Å²) in [6.45, 7) is -0.253. The van der Waals surface area contributed by atoms with Crippen LogP contribution in [0.15, 0.2) is 54.6 Å². The van der Waals surface area contributed by atoms with Gasteiger partial charge in [0.05, 0.1) is 17.0 Å². The van der Waals surface area contributed by atoms with E-state index in [0.29, 0.717) is 0 Å². The Kier molecular flexibility index (Phi) is 6.15. The number of amides is 2. The first-order chi connectivity index (χ1) is 12.4. The molecule has 0 aliphatic rings. The van der Waals surface area contributed by atoms with Crippen molar-refractivity contribution in [2.45, 2.75) is 0 Å². The minimum Gasteiger partial charge on any atom is -0.333 e. The number of likely N-dealkylation sites (N-methyl/N-ethyl adjacent to an activating group) is 1. The lowest BCUT2D eigenvalue weighted by Crippen LogP contribution is -2.33. The quantitative estimate of drug-likeness (QED) is 0.489. The second-order valence-electron chi connectivity index (χ2n) is 5.40. The van der Waals surface area contributed by atoms with Crippen molar-refractivity contribution < 1.29 is 18.9 Å². The molecule has 2 aromatic carbocycles. The van der Waals surface area contributed by atoms with Crippen LogP contribution in [0.5, 0.6) is 0 Å². The van der Waals surface area contributed by atoms with Crippen LogP contribution in [0.2, 0.25) is 0 Å². The van der Waals surface area contributed by atoms with Gasteiger partial charge in [-0.3, -0.25) is 19.7 Å². The number of para-hydroxylation sites is 1. The average molecular weight is 357 g/mol. The lowest BCUT2D eigenvalue weighted by atomic mass is 10.1. The largest absolute Gasteiger partial charge is 0.333 e. The van der Waals surface area contributed by atoms with E-state index in [0.717, 1.165) is 17.0 Å². The summed E-state index contributed by atoms with van der Waals surface area (Å²) in [7, 11) is 1.41. The highest BCUT2D eigenvalue weighted by Gasteiger charge is 2.13. The number of hydrogen-bond donors (Lipinski definition) is 1. The zero-order valence-corrected chi connectivity index (χ0v) is 13.9. The maximum Gasteiger partial charge on any atom is 0.276 e. The average Bonchev–Trinajstić information content (AvgIpc) is 2.59. The molecule has 134 valence electrons. The molecule has 2 aromatic rings. The van der Waals surface area contributed by atoms with Gasteiger partial charge in [0.15, 0.2) is 0 Å². The van der Waals surface area contributed by atoms with Gasteiger partial charge in [-0.15, -0.1) is 0 Å². The first kappa shape index (κ1) is 18.8. The van der Waals surface area contributed by atoms with E-state index in [1.165, 1.54) is 49.5 Å². The van der Waals surface area contributed by atoms with Gasteiger partial charge in [0.2, 0.25) is 11.8 Å². The third-order valence-electron chi connectivity index (χ3n) is 3.40. The molecule has 0 radical (unpaired) electrons. The second-order valence-corrected chi connectivity index (χ2v) is 5.40. The standard InChI is InChI=1S/C18H16FN3O4/c1-21(12-17(23)20-15-7-4-6-14(19)11-15)18(24)10-9-13-5-2-3-8-16(13)22(25)26/h2-11H,12H2,1H3,(H,20,23)/b10-9+. The van der Waals surface area contributed by atoms with Crippen molar-refractivity contribution in [3.05, 3.63) is 76.1 Å². The Morgan fingerprint density at radius 1 is 1.23 bits per heavy atom. The third-order valence-corrected chi connectivity index (χ3v) is 3.40. The van der Waals surface area contributed by atoms with Crippen LogP contribution in [0.25, 0.3) is 6.08 Å². The molecule has 7 nitrogen and oxygen atoms in total. The first-order valence-corrected chi connectivity index (χ1v) is 7.59. The molecule has 0 fully saturated rings. The number of hydrogen-bond acceptors (Lipinski definition) is 4. The Bertz CT molecular complexity index is 867.